The first-order valence-corrected chi connectivity index (χ1v) is 19.8. The zero-order valence-corrected chi connectivity index (χ0v) is 30.8. The quantitative estimate of drug-likeness (QED) is 0.0776. The molecule has 1 saturated heterocycles. The van der Waals surface area contributed by atoms with Crippen molar-refractivity contribution in [3.8, 4) is 11.5 Å². The molecule has 2 aromatic heterocycles. The van der Waals surface area contributed by atoms with E-state index >= 15 is 0 Å². The number of fused-ring (bicyclic) bond motifs is 1. The van der Waals surface area contributed by atoms with Crippen LogP contribution in [0.2, 0.25) is 0 Å². The molecule has 0 bridgehead atoms. The molecule has 0 aliphatic carbocycles. The second kappa shape index (κ2) is 15.7. The normalized spacial score (nSPS) is 17.5. The van der Waals surface area contributed by atoms with Gasteiger partial charge >= 0.3 is 265 Å². The Morgan fingerprint density at radius 2 is 1.46 bits per heavy atom. The van der Waals surface area contributed by atoms with Crippen LogP contribution in [0.25, 0.3) is 11.2 Å². The molecule has 52 heavy (non-hydrogen) atoms. The number of carbonyl (C=O) groups is 1. The van der Waals surface area contributed by atoms with Crippen LogP contribution in [0.1, 0.15) is 39.7 Å². The number of amides is 1. The van der Waals surface area contributed by atoms with Crippen LogP contribution in [0.15, 0.2) is 122 Å². The fourth-order valence-corrected chi connectivity index (χ4v) is 7.59. The van der Waals surface area contributed by atoms with Gasteiger partial charge in [0.25, 0.3) is 0 Å². The van der Waals surface area contributed by atoms with Gasteiger partial charge in [0.05, 0.1) is 14.2 Å². The van der Waals surface area contributed by atoms with Crippen LogP contribution in [-0.2, 0) is 24.2 Å². The Bertz CT molecular complexity index is 2110. The van der Waals surface area contributed by atoms with E-state index in [0.29, 0.717) is 34.6 Å². The number of nitrogens with one attached hydrogen (secondary N) is 1. The standard InChI is InChI=1S/C38H34N5O7PSe/c1-46-29-17-13-27(14-18-29)38(26-11-7-4-8-12-26,28-15-19-30(47-2)20-16-28)48-22-32-31(50-51(45)52)21-33(49-32)43-24-41-34-35(39-23-40-36(34)43)42-37(44)25-9-5-3-6-10-25/h3-20,23-24,31-33H,21-22H2,1-2H3,(H,39,40,42,44)/q+1/t31-,32+,33+/m0/s1. The van der Waals surface area contributed by atoms with E-state index < -0.39 is 30.8 Å². The third-order valence-electron chi connectivity index (χ3n) is 8.98. The van der Waals surface area contributed by atoms with Gasteiger partial charge < -0.3 is 0 Å². The molecule has 1 unspecified atom stereocenters. The first-order valence-electron chi connectivity index (χ1n) is 16.4. The van der Waals surface area contributed by atoms with E-state index in [1.54, 1.807) is 49.4 Å². The topological polar surface area (TPSA) is 136 Å². The summed E-state index contributed by atoms with van der Waals surface area (Å²) in [6.45, 7) is -2.05. The van der Waals surface area contributed by atoms with Crippen molar-refractivity contribution in [2.45, 2.75) is 30.5 Å². The van der Waals surface area contributed by atoms with Crippen LogP contribution in [0.5, 0.6) is 11.5 Å². The molecule has 3 heterocycles. The summed E-state index contributed by atoms with van der Waals surface area (Å²) in [6, 6.07) is 34.3. The number of rotatable bonds is 13. The molecule has 1 N–H and O–H groups in total. The molecule has 4 atom stereocenters. The number of aromatic nitrogens is 4. The summed E-state index contributed by atoms with van der Waals surface area (Å²) in [5, 5.41) is 2.84. The van der Waals surface area contributed by atoms with Crippen LogP contribution in [0.3, 0.4) is 0 Å². The minimum atomic E-state index is -2.10. The summed E-state index contributed by atoms with van der Waals surface area (Å²) >= 11 is 2.56. The number of ether oxygens (including phenoxy) is 4. The molecule has 1 radical (unpaired) electrons. The van der Waals surface area contributed by atoms with Crippen molar-refractivity contribution >= 4 is 45.2 Å². The van der Waals surface area contributed by atoms with Gasteiger partial charge in [-0.1, -0.05) is 18.2 Å². The van der Waals surface area contributed by atoms with Crippen molar-refractivity contribution in [2.75, 3.05) is 26.1 Å². The van der Waals surface area contributed by atoms with Crippen molar-refractivity contribution in [2.24, 2.45) is 0 Å². The molecule has 6 aromatic rings. The van der Waals surface area contributed by atoms with Crippen LogP contribution in [0.4, 0.5) is 5.82 Å². The van der Waals surface area contributed by atoms with Gasteiger partial charge in [0.1, 0.15) is 0 Å². The van der Waals surface area contributed by atoms with Gasteiger partial charge in [-0.3, -0.25) is 0 Å². The van der Waals surface area contributed by atoms with Crippen LogP contribution >= 0.6 is 6.72 Å². The fourth-order valence-electron chi connectivity index (χ4n) is 6.45. The summed E-state index contributed by atoms with van der Waals surface area (Å²) in [5.41, 5.74) is 2.82. The van der Waals surface area contributed by atoms with Crippen molar-refractivity contribution in [3.63, 3.8) is 0 Å². The average molecular weight is 783 g/mol. The third-order valence-corrected chi connectivity index (χ3v) is 9.96. The van der Waals surface area contributed by atoms with Gasteiger partial charge in [-0.15, -0.1) is 0 Å². The zero-order valence-electron chi connectivity index (χ0n) is 28.2. The average Bonchev–Trinajstić information content (AvgIpc) is 3.80. The van der Waals surface area contributed by atoms with Crippen molar-refractivity contribution in [1.82, 2.24) is 19.5 Å². The number of hydrogen-bond donors (Lipinski definition) is 1. The van der Waals surface area contributed by atoms with Gasteiger partial charge in [-0.2, -0.15) is 0 Å². The van der Waals surface area contributed by atoms with Crippen molar-refractivity contribution in [3.05, 3.63) is 144 Å². The predicted molar refractivity (Wildman–Crippen MR) is 195 cm³/mol. The molecular weight excluding hydrogens is 748 g/mol. The van der Waals surface area contributed by atoms with Crippen molar-refractivity contribution in [1.29, 1.82) is 0 Å². The minimum absolute atomic E-state index is 0.0529. The Hall–Kier alpha value is -5.00. The number of benzene rings is 4. The number of carbonyl (C=O) groups excluding carboxylic acids is 1. The molecule has 7 rings (SSSR count). The van der Waals surface area contributed by atoms with Gasteiger partial charge in [-0.25, -0.2) is 0 Å². The SMILES string of the molecule is COc1ccc(C(OC[C@H]2O[C@@H](n3cnc4c(NC(=O)c5ccccc5)ncnc43)C[C@@H]2O[P+](=O)[Se])(c2ccccc2)c2ccc(OC)cc2)cc1. The third kappa shape index (κ3) is 7.20. The maximum atomic E-state index is 12.9. The van der Waals surface area contributed by atoms with E-state index in [1.165, 1.54) is 6.33 Å². The summed E-state index contributed by atoms with van der Waals surface area (Å²) in [5.74, 6) is 1.36. The number of hydrogen-bond acceptors (Lipinski definition) is 10. The summed E-state index contributed by atoms with van der Waals surface area (Å²) < 4.78 is 44.8. The molecule has 0 spiro atoms. The zero-order chi connectivity index (χ0) is 36.1. The van der Waals surface area contributed by atoms with E-state index in [9.17, 15) is 9.36 Å². The molecule has 1 fully saturated rings. The van der Waals surface area contributed by atoms with Crippen LogP contribution in [0, 0.1) is 0 Å². The molecule has 0 saturated carbocycles. The van der Waals surface area contributed by atoms with E-state index in [2.05, 4.69) is 35.8 Å². The molecule has 1 aliphatic rings. The number of anilines is 1. The maximum absolute atomic E-state index is 12.9. The summed E-state index contributed by atoms with van der Waals surface area (Å²) in [7, 11) is 3.25. The molecule has 4 aromatic carbocycles. The fraction of sp³-hybridized carbons (Fsp3) is 0.211. The summed E-state index contributed by atoms with van der Waals surface area (Å²) in [4.78, 5) is 26.2. The molecule has 1 aliphatic heterocycles. The molecule has 12 nitrogen and oxygen atoms in total. The Morgan fingerprint density at radius 1 is 0.865 bits per heavy atom. The monoisotopic (exact) mass is 783 g/mol. The van der Waals surface area contributed by atoms with Gasteiger partial charge in [0.2, 0.25) is 0 Å². The molecule has 263 valence electrons. The number of nitrogens with zero attached hydrogens (tertiary/aromatic N) is 4. The second-order valence-corrected chi connectivity index (χ2v) is 14.4. The first kappa shape index (κ1) is 35.4. The van der Waals surface area contributed by atoms with Crippen molar-refractivity contribution < 1.29 is 32.8 Å². The Morgan fingerprint density at radius 3 is 2.06 bits per heavy atom. The van der Waals surface area contributed by atoms with E-state index in [4.69, 9.17) is 23.5 Å². The molecule has 14 heteroatoms. The first-order chi connectivity index (χ1) is 25.4. The number of imidazole rings is 1. The van der Waals surface area contributed by atoms with Gasteiger partial charge in [0, 0.05) is 0 Å². The Kier molecular flexibility index (Phi) is 10.7. The summed E-state index contributed by atoms with van der Waals surface area (Å²) in [6.07, 6.45) is 1.38. The number of methoxy groups -OCH3 is 2. The second-order valence-electron chi connectivity index (χ2n) is 11.9. The van der Waals surface area contributed by atoms with E-state index in [0.717, 1.165) is 16.7 Å². The predicted octanol–water partition coefficient (Wildman–Crippen LogP) is 6.60. The van der Waals surface area contributed by atoms with Crippen LogP contribution < -0.4 is 14.8 Å². The molecule has 1 amide bonds. The van der Waals surface area contributed by atoms with E-state index in [1.807, 2.05) is 84.9 Å². The Labute approximate surface area is 308 Å². The van der Waals surface area contributed by atoms with Gasteiger partial charge in [-0.05, 0) is 12.1 Å². The van der Waals surface area contributed by atoms with Gasteiger partial charge in [0.15, 0.2) is 0 Å². The van der Waals surface area contributed by atoms with E-state index in [-0.39, 0.29) is 18.3 Å². The van der Waals surface area contributed by atoms with Crippen LogP contribution in [-0.4, -0.2) is 74.0 Å². The Balaban J connectivity index is 1.22. The molecular formula is C38H34N5O7PSe+.